The minimum Gasteiger partial charge on any atom is -0.391 e. The Balaban J connectivity index is 4.34. The Labute approximate surface area is 76.8 Å². The number of aliphatic hydroxyl groups is 1. The van der Waals surface area contributed by atoms with E-state index >= 15 is 0 Å². The van der Waals surface area contributed by atoms with Crippen LogP contribution in [0.25, 0.3) is 0 Å². The molecule has 5 nitrogen and oxygen atoms in total. The van der Waals surface area contributed by atoms with Gasteiger partial charge in [0.1, 0.15) is 6.04 Å². The van der Waals surface area contributed by atoms with Crippen molar-refractivity contribution in [3.8, 4) is 0 Å². The van der Waals surface area contributed by atoms with Gasteiger partial charge in [0.05, 0.1) is 6.10 Å². The molecule has 0 aliphatic rings. The summed E-state index contributed by atoms with van der Waals surface area (Å²) < 4.78 is 0. The Hall–Kier alpha value is -1.36. The van der Waals surface area contributed by atoms with Crippen LogP contribution in [-0.4, -0.2) is 36.1 Å². The van der Waals surface area contributed by atoms with Gasteiger partial charge in [0.15, 0.2) is 0 Å². The Morgan fingerprint density at radius 3 is 2.38 bits per heavy atom. The molecule has 0 rings (SSSR count). The van der Waals surface area contributed by atoms with E-state index in [0.717, 1.165) is 6.08 Å². The molecule has 0 aromatic heterocycles. The van der Waals surface area contributed by atoms with E-state index in [0.29, 0.717) is 0 Å². The second-order valence-corrected chi connectivity index (χ2v) is 2.55. The fourth-order valence-corrected chi connectivity index (χ4v) is 0.773. The highest BCUT2D eigenvalue weighted by Crippen LogP contribution is 1.92. The lowest BCUT2D eigenvalue weighted by Gasteiger charge is -2.18. The molecule has 0 heterocycles. The first-order valence-corrected chi connectivity index (χ1v) is 3.85. The molecule has 13 heavy (non-hydrogen) atoms. The quantitative estimate of drug-likeness (QED) is 0.482. The van der Waals surface area contributed by atoms with Crippen molar-refractivity contribution in [3.05, 3.63) is 12.7 Å². The number of aliphatic hydroxyl groups excluding tert-OH is 1. The smallest absolute Gasteiger partial charge is 0.245 e. The number of carbonyl (C=O) groups is 2. The Morgan fingerprint density at radius 2 is 2.08 bits per heavy atom. The van der Waals surface area contributed by atoms with E-state index < -0.39 is 24.0 Å². The summed E-state index contributed by atoms with van der Waals surface area (Å²) in [5.41, 5.74) is 0. The van der Waals surface area contributed by atoms with Crippen molar-refractivity contribution in [2.24, 2.45) is 0 Å². The van der Waals surface area contributed by atoms with Gasteiger partial charge in [-0.15, -0.1) is 0 Å². The number of carbonyl (C=O) groups excluding carboxylic acids is 2. The van der Waals surface area contributed by atoms with Crippen LogP contribution in [0.2, 0.25) is 0 Å². The molecule has 0 aliphatic heterocycles. The number of amides is 2. The molecule has 0 fully saturated rings. The van der Waals surface area contributed by atoms with Crippen LogP contribution in [0.1, 0.15) is 6.92 Å². The van der Waals surface area contributed by atoms with Crippen LogP contribution < -0.4 is 10.6 Å². The molecule has 0 aromatic carbocycles. The lowest BCUT2D eigenvalue weighted by molar-refractivity contribution is -0.129. The van der Waals surface area contributed by atoms with Crippen molar-refractivity contribution in [1.82, 2.24) is 10.6 Å². The van der Waals surface area contributed by atoms with E-state index in [1.165, 1.54) is 14.0 Å². The summed E-state index contributed by atoms with van der Waals surface area (Å²) in [5.74, 6) is -0.931. The van der Waals surface area contributed by atoms with Crippen molar-refractivity contribution in [3.63, 3.8) is 0 Å². The molecule has 2 amide bonds. The van der Waals surface area contributed by atoms with E-state index in [2.05, 4.69) is 17.2 Å². The predicted octanol–water partition coefficient (Wildman–Crippen LogP) is -1.22. The fourth-order valence-electron chi connectivity index (χ4n) is 0.773. The highest BCUT2D eigenvalue weighted by atomic mass is 16.3. The van der Waals surface area contributed by atoms with Gasteiger partial charge in [-0.25, -0.2) is 0 Å². The van der Waals surface area contributed by atoms with Gasteiger partial charge < -0.3 is 15.7 Å². The maximum atomic E-state index is 11.1. The van der Waals surface area contributed by atoms with Gasteiger partial charge in [0.25, 0.3) is 0 Å². The Morgan fingerprint density at radius 1 is 1.54 bits per heavy atom. The standard InChI is InChI=1S/C8H14N2O3/c1-4-6(12)10-7(5(2)11)8(13)9-3/h4-5,7,11H,1H2,2-3H3,(H,9,13)(H,10,12)/t5-,7+/m1/s1. The molecule has 74 valence electrons. The van der Waals surface area contributed by atoms with Crippen LogP contribution in [-0.2, 0) is 9.59 Å². The summed E-state index contributed by atoms with van der Waals surface area (Å²) in [6.45, 7) is 4.65. The Bertz CT molecular complexity index is 213. The molecular weight excluding hydrogens is 172 g/mol. The van der Waals surface area contributed by atoms with E-state index in [1.54, 1.807) is 0 Å². The van der Waals surface area contributed by atoms with Crippen molar-refractivity contribution >= 4 is 11.8 Å². The summed E-state index contributed by atoms with van der Waals surface area (Å²) in [4.78, 5) is 21.9. The number of hydrogen-bond acceptors (Lipinski definition) is 3. The zero-order valence-electron chi connectivity index (χ0n) is 7.70. The number of hydrogen-bond donors (Lipinski definition) is 3. The van der Waals surface area contributed by atoms with Gasteiger partial charge >= 0.3 is 0 Å². The minimum absolute atomic E-state index is 0.440. The molecular formula is C8H14N2O3. The largest absolute Gasteiger partial charge is 0.391 e. The minimum atomic E-state index is -0.941. The first-order chi connectivity index (χ1) is 6.02. The van der Waals surface area contributed by atoms with Crippen LogP contribution in [0.5, 0.6) is 0 Å². The normalized spacial score (nSPS) is 14.1. The lowest BCUT2D eigenvalue weighted by atomic mass is 10.1. The van der Waals surface area contributed by atoms with Gasteiger partial charge in [-0.05, 0) is 13.0 Å². The monoisotopic (exact) mass is 186 g/mol. The first kappa shape index (κ1) is 11.6. The van der Waals surface area contributed by atoms with E-state index in [4.69, 9.17) is 5.11 Å². The first-order valence-electron chi connectivity index (χ1n) is 3.85. The average molecular weight is 186 g/mol. The summed E-state index contributed by atoms with van der Waals surface area (Å²) in [7, 11) is 1.43. The fraction of sp³-hybridized carbons (Fsp3) is 0.500. The van der Waals surface area contributed by atoms with E-state index in [9.17, 15) is 9.59 Å². The van der Waals surface area contributed by atoms with Gasteiger partial charge in [-0.2, -0.15) is 0 Å². The van der Waals surface area contributed by atoms with Crippen molar-refractivity contribution < 1.29 is 14.7 Å². The highest BCUT2D eigenvalue weighted by Gasteiger charge is 2.23. The van der Waals surface area contributed by atoms with Gasteiger partial charge in [0, 0.05) is 7.05 Å². The number of likely N-dealkylation sites (N-methyl/N-ethyl adjacent to an activating group) is 1. The molecule has 0 spiro atoms. The van der Waals surface area contributed by atoms with Gasteiger partial charge in [-0.1, -0.05) is 6.58 Å². The van der Waals surface area contributed by atoms with Gasteiger partial charge in [0.2, 0.25) is 11.8 Å². The molecule has 3 N–H and O–H groups in total. The second-order valence-electron chi connectivity index (χ2n) is 2.55. The predicted molar refractivity (Wildman–Crippen MR) is 47.9 cm³/mol. The highest BCUT2D eigenvalue weighted by molar-refractivity contribution is 5.92. The molecule has 5 heteroatoms. The van der Waals surface area contributed by atoms with Crippen molar-refractivity contribution in [2.45, 2.75) is 19.1 Å². The SMILES string of the molecule is C=CC(=O)N[C@H](C(=O)NC)[C@@H](C)O. The molecule has 0 bridgehead atoms. The molecule has 0 saturated carbocycles. The van der Waals surface area contributed by atoms with Crippen LogP contribution in [0.4, 0.5) is 0 Å². The molecule has 0 unspecified atom stereocenters. The van der Waals surface area contributed by atoms with Crippen LogP contribution in [0.15, 0.2) is 12.7 Å². The van der Waals surface area contributed by atoms with Crippen molar-refractivity contribution in [2.75, 3.05) is 7.05 Å². The van der Waals surface area contributed by atoms with E-state index in [1.807, 2.05) is 0 Å². The molecule has 0 saturated heterocycles. The van der Waals surface area contributed by atoms with Crippen LogP contribution in [0.3, 0.4) is 0 Å². The third-order valence-corrected chi connectivity index (χ3v) is 1.49. The number of nitrogens with one attached hydrogen (secondary N) is 2. The van der Waals surface area contributed by atoms with Gasteiger partial charge in [-0.3, -0.25) is 9.59 Å². The Kier molecular flexibility index (Phi) is 4.76. The summed E-state index contributed by atoms with van der Waals surface area (Å²) in [6, 6.07) is -0.935. The van der Waals surface area contributed by atoms with Crippen molar-refractivity contribution in [1.29, 1.82) is 0 Å². The summed E-state index contributed by atoms with van der Waals surface area (Å²) in [5, 5.41) is 13.8. The molecule has 0 aliphatic carbocycles. The third-order valence-electron chi connectivity index (χ3n) is 1.49. The van der Waals surface area contributed by atoms with E-state index in [-0.39, 0.29) is 0 Å². The van der Waals surface area contributed by atoms with Crippen LogP contribution in [0, 0.1) is 0 Å². The lowest BCUT2D eigenvalue weighted by Crippen LogP contribution is -2.51. The summed E-state index contributed by atoms with van der Waals surface area (Å²) >= 11 is 0. The number of rotatable bonds is 4. The summed E-state index contributed by atoms with van der Waals surface area (Å²) in [6.07, 6.45) is 0.0991. The second kappa shape index (κ2) is 5.31. The molecule has 0 radical (unpaired) electrons. The third kappa shape index (κ3) is 3.71. The average Bonchev–Trinajstić information content (AvgIpc) is 2.11. The zero-order valence-corrected chi connectivity index (χ0v) is 7.70. The maximum absolute atomic E-state index is 11.1. The zero-order chi connectivity index (χ0) is 10.4. The maximum Gasteiger partial charge on any atom is 0.245 e. The molecule has 2 atom stereocenters. The molecule has 0 aromatic rings. The van der Waals surface area contributed by atoms with Crippen LogP contribution >= 0.6 is 0 Å². The topological polar surface area (TPSA) is 78.4 Å².